The van der Waals surface area contributed by atoms with Crippen LogP contribution in [0.3, 0.4) is 0 Å². The minimum atomic E-state index is 0.199. The van der Waals surface area contributed by atoms with E-state index in [1.54, 1.807) is 7.11 Å². The summed E-state index contributed by atoms with van der Waals surface area (Å²) in [6.07, 6.45) is 12.4. The summed E-state index contributed by atoms with van der Waals surface area (Å²) < 4.78 is 5.52. The molecule has 0 aliphatic heterocycles. The average Bonchev–Trinajstić information content (AvgIpc) is 3.43. The highest BCUT2D eigenvalue weighted by Crippen LogP contribution is 2.32. The van der Waals surface area contributed by atoms with E-state index in [1.165, 1.54) is 27.8 Å². The lowest BCUT2D eigenvalue weighted by Gasteiger charge is -2.24. The van der Waals surface area contributed by atoms with Crippen LogP contribution in [0.15, 0.2) is 89.5 Å². The van der Waals surface area contributed by atoms with Crippen molar-refractivity contribution in [3.8, 4) is 0 Å². The summed E-state index contributed by atoms with van der Waals surface area (Å²) in [5, 5.41) is 3.50. The first-order valence-electron chi connectivity index (χ1n) is 14.7. The summed E-state index contributed by atoms with van der Waals surface area (Å²) in [5.74, 6) is 0.823. The highest BCUT2D eigenvalue weighted by atomic mass is 16.5. The zero-order valence-corrected chi connectivity index (χ0v) is 27.2. The fourth-order valence-electron chi connectivity index (χ4n) is 3.85. The molecule has 2 nitrogen and oxygen atoms in total. The van der Waals surface area contributed by atoms with Crippen molar-refractivity contribution >= 4 is 0 Å². The highest BCUT2D eigenvalue weighted by molar-refractivity contribution is 5.48. The first kappa shape index (κ1) is 37.4. The zero-order valence-electron chi connectivity index (χ0n) is 27.2. The number of hydrogen-bond acceptors (Lipinski definition) is 2. The van der Waals surface area contributed by atoms with E-state index in [4.69, 9.17) is 4.74 Å². The van der Waals surface area contributed by atoms with Gasteiger partial charge in [-0.15, -0.1) is 0 Å². The quantitative estimate of drug-likeness (QED) is 0.231. The molecule has 1 aliphatic carbocycles. The molecular formula is C36H59NO. The molecule has 0 fully saturated rings. The van der Waals surface area contributed by atoms with Gasteiger partial charge in [0, 0.05) is 5.70 Å². The van der Waals surface area contributed by atoms with Crippen molar-refractivity contribution in [2.75, 3.05) is 7.11 Å². The third-order valence-corrected chi connectivity index (χ3v) is 6.62. The molecule has 2 heteroatoms. The standard InChI is InChI=1S/C30H41NO.3C2H6/c1-10-13-25(11-2)29(23(6)32-9)31-22(5)26-16-15-24(18-26)19-27-20-28(17-14-21(27)4)30(7,8)12-3;3*1-2/h11,13-17,20,31H,2,5,10,12,18-19H2,1,3-4,6-9H3;3*1-2H3/b25-13-,29-23-;;;. The van der Waals surface area contributed by atoms with E-state index >= 15 is 0 Å². The van der Waals surface area contributed by atoms with Crippen molar-refractivity contribution in [1.82, 2.24) is 5.32 Å². The van der Waals surface area contributed by atoms with Gasteiger partial charge in [-0.25, -0.2) is 0 Å². The molecule has 2 rings (SSSR count). The van der Waals surface area contributed by atoms with Gasteiger partial charge >= 0.3 is 0 Å². The van der Waals surface area contributed by atoms with Gasteiger partial charge in [-0.3, -0.25) is 0 Å². The molecule has 1 aliphatic rings. The van der Waals surface area contributed by atoms with E-state index in [0.29, 0.717) is 0 Å². The smallest absolute Gasteiger partial charge is 0.116 e. The molecule has 0 saturated heterocycles. The molecular weight excluding hydrogens is 462 g/mol. The largest absolute Gasteiger partial charge is 0.499 e. The summed E-state index contributed by atoms with van der Waals surface area (Å²) in [5.41, 5.74) is 9.88. The van der Waals surface area contributed by atoms with Crippen molar-refractivity contribution in [3.05, 3.63) is 106 Å². The predicted molar refractivity (Wildman–Crippen MR) is 174 cm³/mol. The Morgan fingerprint density at radius 2 is 1.66 bits per heavy atom. The molecule has 38 heavy (non-hydrogen) atoms. The molecule has 1 N–H and O–H groups in total. The van der Waals surface area contributed by atoms with Crippen molar-refractivity contribution in [1.29, 1.82) is 0 Å². The first-order chi connectivity index (χ1) is 18.2. The van der Waals surface area contributed by atoms with Gasteiger partial charge in [0.2, 0.25) is 0 Å². The normalized spacial score (nSPS) is 13.1. The number of allylic oxidation sites excluding steroid dienone is 7. The van der Waals surface area contributed by atoms with Gasteiger partial charge in [0.05, 0.1) is 12.8 Å². The highest BCUT2D eigenvalue weighted by Gasteiger charge is 2.20. The maximum Gasteiger partial charge on any atom is 0.116 e. The van der Waals surface area contributed by atoms with Gasteiger partial charge in [-0.2, -0.15) is 0 Å². The van der Waals surface area contributed by atoms with Crippen molar-refractivity contribution in [2.45, 2.75) is 114 Å². The van der Waals surface area contributed by atoms with Gasteiger partial charge in [-0.05, 0) is 72.8 Å². The molecule has 0 spiro atoms. The zero-order chi connectivity index (χ0) is 29.9. The van der Waals surface area contributed by atoms with E-state index in [1.807, 2.05) is 54.5 Å². The Morgan fingerprint density at radius 3 is 2.16 bits per heavy atom. The number of hydrogen-bond donors (Lipinski definition) is 1. The molecule has 1 aromatic rings. The average molecular weight is 522 g/mol. The van der Waals surface area contributed by atoms with E-state index in [-0.39, 0.29) is 5.41 Å². The number of aryl methyl sites for hydroxylation is 1. The molecule has 214 valence electrons. The molecule has 0 aromatic heterocycles. The van der Waals surface area contributed by atoms with Gasteiger partial charge in [-0.1, -0.05) is 130 Å². The molecule has 1 aromatic carbocycles. The molecule has 0 unspecified atom stereocenters. The van der Waals surface area contributed by atoms with E-state index in [9.17, 15) is 0 Å². The summed E-state index contributed by atoms with van der Waals surface area (Å²) in [4.78, 5) is 0. The Bertz CT molecular complexity index is 983. The Morgan fingerprint density at radius 1 is 1.05 bits per heavy atom. The van der Waals surface area contributed by atoms with E-state index in [0.717, 1.165) is 48.4 Å². The minimum absolute atomic E-state index is 0.199. The fraction of sp³-hybridized carbons (Fsp3) is 0.500. The molecule has 0 bridgehead atoms. The molecule has 0 atom stereocenters. The lowest BCUT2D eigenvalue weighted by Crippen LogP contribution is -2.17. The summed E-state index contributed by atoms with van der Waals surface area (Å²) in [6, 6.07) is 6.96. The van der Waals surface area contributed by atoms with E-state index < -0.39 is 0 Å². The Hall–Kier alpha value is -2.74. The molecule has 0 amide bonds. The third kappa shape index (κ3) is 11.3. The van der Waals surface area contributed by atoms with Crippen molar-refractivity contribution < 1.29 is 4.74 Å². The Balaban J connectivity index is 0. The van der Waals surface area contributed by atoms with Crippen LogP contribution in [-0.2, 0) is 16.6 Å². The van der Waals surface area contributed by atoms with Crippen LogP contribution in [0.25, 0.3) is 0 Å². The Labute approximate surface area is 237 Å². The van der Waals surface area contributed by atoms with Crippen LogP contribution in [0, 0.1) is 6.92 Å². The van der Waals surface area contributed by atoms with Gasteiger partial charge in [0.25, 0.3) is 0 Å². The molecule has 0 heterocycles. The van der Waals surface area contributed by atoms with Crippen LogP contribution in [0.4, 0.5) is 0 Å². The van der Waals surface area contributed by atoms with Crippen molar-refractivity contribution in [2.24, 2.45) is 0 Å². The van der Waals surface area contributed by atoms with Crippen LogP contribution in [0.5, 0.6) is 0 Å². The van der Waals surface area contributed by atoms with Crippen LogP contribution in [0.2, 0.25) is 0 Å². The minimum Gasteiger partial charge on any atom is -0.499 e. The summed E-state index contributed by atoms with van der Waals surface area (Å²) >= 11 is 0. The van der Waals surface area contributed by atoms with Crippen LogP contribution >= 0.6 is 0 Å². The van der Waals surface area contributed by atoms with Crippen LogP contribution in [0.1, 0.15) is 112 Å². The SMILES string of the molecule is C=CC(=C/CC)/C(NC(=C)C1=CC=C(Cc2cc(C(C)(C)CC)ccc2C)C1)=C(\C)OC.CC.CC.CC. The lowest BCUT2D eigenvalue weighted by atomic mass is 9.80. The van der Waals surface area contributed by atoms with Crippen LogP contribution in [-0.4, -0.2) is 7.11 Å². The number of benzene rings is 1. The van der Waals surface area contributed by atoms with Gasteiger partial charge in [0.1, 0.15) is 5.76 Å². The maximum atomic E-state index is 5.52. The van der Waals surface area contributed by atoms with Crippen LogP contribution < -0.4 is 5.32 Å². The number of nitrogens with one attached hydrogen (secondary N) is 1. The second kappa shape index (κ2) is 20.3. The number of ether oxygens (including phenoxy) is 1. The number of methoxy groups -OCH3 is 1. The van der Waals surface area contributed by atoms with Gasteiger partial charge < -0.3 is 10.1 Å². The summed E-state index contributed by atoms with van der Waals surface area (Å²) in [6.45, 7) is 33.5. The number of rotatable bonds is 11. The topological polar surface area (TPSA) is 21.3 Å². The summed E-state index contributed by atoms with van der Waals surface area (Å²) in [7, 11) is 1.69. The Kier molecular flexibility index (Phi) is 19.9. The molecule has 0 radical (unpaired) electrons. The first-order valence-corrected chi connectivity index (χ1v) is 14.7. The fourth-order valence-corrected chi connectivity index (χ4v) is 3.85. The van der Waals surface area contributed by atoms with Crippen molar-refractivity contribution in [3.63, 3.8) is 0 Å². The maximum absolute atomic E-state index is 5.52. The lowest BCUT2D eigenvalue weighted by molar-refractivity contribution is 0.287. The third-order valence-electron chi connectivity index (χ3n) is 6.62. The molecule has 0 saturated carbocycles. The second-order valence-electron chi connectivity index (χ2n) is 9.26. The second-order valence-corrected chi connectivity index (χ2v) is 9.26. The van der Waals surface area contributed by atoms with E-state index in [2.05, 4.69) is 89.5 Å². The monoisotopic (exact) mass is 521 g/mol. The van der Waals surface area contributed by atoms with Gasteiger partial charge in [0.15, 0.2) is 0 Å². The predicted octanol–water partition coefficient (Wildman–Crippen LogP) is 11.1.